The Hall–Kier alpha value is -0.580. The second-order valence-corrected chi connectivity index (χ2v) is 4.83. The topological polar surface area (TPSA) is 29.1 Å². The third-order valence-corrected chi connectivity index (χ3v) is 2.54. The van der Waals surface area contributed by atoms with Gasteiger partial charge in [0, 0.05) is 15.2 Å². The maximum atomic E-state index is 11.7. The molecule has 0 spiro atoms. The predicted octanol–water partition coefficient (Wildman–Crippen LogP) is 2.74. The summed E-state index contributed by atoms with van der Waals surface area (Å²) in [6.45, 7) is 5.87. The largest absolute Gasteiger partial charge is 0.350 e. The van der Waals surface area contributed by atoms with Gasteiger partial charge in [0.2, 0.25) is 0 Å². The van der Waals surface area contributed by atoms with Crippen molar-refractivity contribution in [3.05, 3.63) is 32.9 Å². The van der Waals surface area contributed by atoms with Gasteiger partial charge in [-0.15, -0.1) is 0 Å². The first-order valence-corrected chi connectivity index (χ1v) is 5.65. The lowest BCUT2D eigenvalue weighted by atomic mass is 10.1. The number of carbonyl (C=O) groups is 1. The highest BCUT2D eigenvalue weighted by atomic mass is 127. The van der Waals surface area contributed by atoms with Crippen LogP contribution >= 0.6 is 22.6 Å². The Labute approximate surface area is 98.2 Å². The van der Waals surface area contributed by atoms with Gasteiger partial charge in [0.1, 0.15) is 0 Å². The van der Waals surface area contributed by atoms with E-state index >= 15 is 0 Å². The van der Waals surface area contributed by atoms with Crippen molar-refractivity contribution in [2.45, 2.75) is 26.8 Å². The van der Waals surface area contributed by atoms with E-state index in [4.69, 9.17) is 0 Å². The molecular weight excluding hydrogens is 289 g/mol. The van der Waals surface area contributed by atoms with Gasteiger partial charge >= 0.3 is 0 Å². The number of nitrogens with one attached hydrogen (secondary N) is 1. The molecule has 0 aliphatic heterocycles. The molecular formula is C11H14INO. The Morgan fingerprint density at radius 2 is 2.07 bits per heavy atom. The Balaban J connectivity index is 2.94. The van der Waals surface area contributed by atoms with Gasteiger partial charge in [0.15, 0.2) is 0 Å². The number of benzene rings is 1. The average molecular weight is 303 g/mol. The van der Waals surface area contributed by atoms with Crippen molar-refractivity contribution in [3.8, 4) is 0 Å². The van der Waals surface area contributed by atoms with E-state index in [0.29, 0.717) is 0 Å². The summed E-state index contributed by atoms with van der Waals surface area (Å²) in [4.78, 5) is 11.7. The van der Waals surface area contributed by atoms with E-state index in [-0.39, 0.29) is 11.9 Å². The van der Waals surface area contributed by atoms with E-state index in [1.165, 1.54) is 0 Å². The highest BCUT2D eigenvalue weighted by Gasteiger charge is 2.09. The minimum Gasteiger partial charge on any atom is -0.350 e. The van der Waals surface area contributed by atoms with Crippen molar-refractivity contribution >= 4 is 28.5 Å². The molecule has 0 bridgehead atoms. The summed E-state index contributed by atoms with van der Waals surface area (Å²) in [6, 6.07) is 6.06. The van der Waals surface area contributed by atoms with E-state index in [1.807, 2.05) is 39.0 Å². The first kappa shape index (κ1) is 11.5. The number of aryl methyl sites for hydroxylation is 1. The van der Waals surface area contributed by atoms with Gasteiger partial charge in [-0.05, 0) is 61.1 Å². The van der Waals surface area contributed by atoms with Crippen LogP contribution in [0.3, 0.4) is 0 Å². The molecule has 2 nitrogen and oxygen atoms in total. The number of rotatable bonds is 2. The van der Waals surface area contributed by atoms with E-state index in [1.54, 1.807) is 0 Å². The molecule has 14 heavy (non-hydrogen) atoms. The smallest absolute Gasteiger partial charge is 0.251 e. The second kappa shape index (κ2) is 4.77. The fraction of sp³-hybridized carbons (Fsp3) is 0.364. The van der Waals surface area contributed by atoms with E-state index in [2.05, 4.69) is 27.9 Å². The first-order chi connectivity index (χ1) is 6.50. The molecule has 0 radical (unpaired) electrons. The first-order valence-electron chi connectivity index (χ1n) is 4.57. The standard InChI is InChI=1S/C11H14INO/c1-7(2)13-11(14)10-6-9(12)5-4-8(10)3/h4-7H,1-3H3,(H,13,14). The second-order valence-electron chi connectivity index (χ2n) is 3.59. The molecule has 0 aliphatic rings. The maximum Gasteiger partial charge on any atom is 0.251 e. The van der Waals surface area contributed by atoms with Crippen molar-refractivity contribution in [3.63, 3.8) is 0 Å². The lowest BCUT2D eigenvalue weighted by Gasteiger charge is -2.10. The van der Waals surface area contributed by atoms with Gasteiger partial charge in [0.25, 0.3) is 5.91 Å². The van der Waals surface area contributed by atoms with Gasteiger partial charge in [-0.25, -0.2) is 0 Å². The number of hydrogen-bond acceptors (Lipinski definition) is 1. The molecule has 1 aromatic carbocycles. The molecule has 0 unspecified atom stereocenters. The van der Waals surface area contributed by atoms with Crippen LogP contribution in [0.5, 0.6) is 0 Å². The minimum absolute atomic E-state index is 0.0102. The molecule has 1 amide bonds. The third-order valence-electron chi connectivity index (χ3n) is 1.86. The third kappa shape index (κ3) is 2.97. The van der Waals surface area contributed by atoms with Gasteiger partial charge in [0.05, 0.1) is 0 Å². The molecule has 0 aliphatic carbocycles. The van der Waals surface area contributed by atoms with Crippen molar-refractivity contribution in [1.82, 2.24) is 5.32 Å². The van der Waals surface area contributed by atoms with Crippen LogP contribution in [-0.4, -0.2) is 11.9 Å². The van der Waals surface area contributed by atoms with Crippen LogP contribution in [-0.2, 0) is 0 Å². The molecule has 1 rings (SSSR count). The zero-order valence-electron chi connectivity index (χ0n) is 8.60. The quantitative estimate of drug-likeness (QED) is 0.836. The molecule has 0 aromatic heterocycles. The lowest BCUT2D eigenvalue weighted by Crippen LogP contribution is -2.30. The van der Waals surface area contributed by atoms with Gasteiger partial charge in [-0.2, -0.15) is 0 Å². The zero-order chi connectivity index (χ0) is 10.7. The monoisotopic (exact) mass is 303 g/mol. The normalized spacial score (nSPS) is 10.4. The van der Waals surface area contributed by atoms with Crippen molar-refractivity contribution < 1.29 is 4.79 Å². The molecule has 0 fully saturated rings. The van der Waals surface area contributed by atoms with Crippen LogP contribution < -0.4 is 5.32 Å². The number of halogens is 1. The van der Waals surface area contributed by atoms with Crippen LogP contribution in [0.1, 0.15) is 29.8 Å². The molecule has 0 heterocycles. The zero-order valence-corrected chi connectivity index (χ0v) is 10.8. The van der Waals surface area contributed by atoms with Crippen LogP contribution in [0, 0.1) is 10.5 Å². The van der Waals surface area contributed by atoms with Crippen molar-refractivity contribution in [1.29, 1.82) is 0 Å². The summed E-state index contributed by atoms with van der Waals surface area (Å²) in [5.74, 6) is 0.0102. The van der Waals surface area contributed by atoms with Crippen molar-refractivity contribution in [2.24, 2.45) is 0 Å². The fourth-order valence-electron chi connectivity index (χ4n) is 1.18. The van der Waals surface area contributed by atoms with E-state index in [0.717, 1.165) is 14.7 Å². The Kier molecular flexibility index (Phi) is 3.92. The summed E-state index contributed by atoms with van der Waals surface area (Å²) in [7, 11) is 0. The molecule has 0 atom stereocenters. The fourth-order valence-corrected chi connectivity index (χ4v) is 1.67. The highest BCUT2D eigenvalue weighted by molar-refractivity contribution is 14.1. The Morgan fingerprint density at radius 1 is 1.43 bits per heavy atom. The van der Waals surface area contributed by atoms with Gasteiger partial charge in [-0.1, -0.05) is 6.07 Å². The predicted molar refractivity (Wildman–Crippen MR) is 66.5 cm³/mol. The van der Waals surface area contributed by atoms with Crippen LogP contribution in [0.2, 0.25) is 0 Å². The maximum absolute atomic E-state index is 11.7. The van der Waals surface area contributed by atoms with Gasteiger partial charge < -0.3 is 5.32 Å². The number of carbonyl (C=O) groups excluding carboxylic acids is 1. The van der Waals surface area contributed by atoms with Crippen molar-refractivity contribution in [2.75, 3.05) is 0 Å². The van der Waals surface area contributed by atoms with Crippen LogP contribution in [0.4, 0.5) is 0 Å². The van der Waals surface area contributed by atoms with Crippen LogP contribution in [0.25, 0.3) is 0 Å². The molecule has 3 heteroatoms. The van der Waals surface area contributed by atoms with Crippen LogP contribution in [0.15, 0.2) is 18.2 Å². The molecule has 0 saturated heterocycles. The Bertz CT molecular complexity index is 347. The summed E-state index contributed by atoms with van der Waals surface area (Å²) < 4.78 is 1.09. The number of amides is 1. The Morgan fingerprint density at radius 3 is 2.64 bits per heavy atom. The summed E-state index contributed by atoms with van der Waals surface area (Å²) in [5.41, 5.74) is 1.79. The molecule has 76 valence electrons. The summed E-state index contributed by atoms with van der Waals surface area (Å²) in [6.07, 6.45) is 0. The molecule has 0 saturated carbocycles. The summed E-state index contributed by atoms with van der Waals surface area (Å²) in [5, 5.41) is 2.88. The highest BCUT2D eigenvalue weighted by Crippen LogP contribution is 2.12. The molecule has 1 aromatic rings. The molecule has 1 N–H and O–H groups in total. The van der Waals surface area contributed by atoms with Gasteiger partial charge in [-0.3, -0.25) is 4.79 Å². The van der Waals surface area contributed by atoms with E-state index < -0.39 is 0 Å². The SMILES string of the molecule is Cc1ccc(I)cc1C(=O)NC(C)C. The average Bonchev–Trinajstić information content (AvgIpc) is 2.08. The minimum atomic E-state index is 0.0102. The van der Waals surface area contributed by atoms with E-state index in [9.17, 15) is 4.79 Å². The summed E-state index contributed by atoms with van der Waals surface area (Å²) >= 11 is 2.21. The lowest BCUT2D eigenvalue weighted by molar-refractivity contribution is 0.0942. The number of hydrogen-bond donors (Lipinski definition) is 1.